The first-order valence-electron chi connectivity index (χ1n) is 7.04. The molecule has 0 atom stereocenters. The fourth-order valence-corrected chi connectivity index (χ4v) is 2.47. The minimum atomic E-state index is -0.194. The predicted octanol–water partition coefficient (Wildman–Crippen LogP) is 2.84. The molecule has 0 bridgehead atoms. The average molecular weight is 244 g/mol. The molecule has 0 spiro atoms. The largest absolute Gasteiger partial charge is 0.312 e. The highest BCUT2D eigenvalue weighted by Crippen LogP contribution is 2.21. The first kappa shape index (κ1) is 14.9. The number of hydrogen-bond acceptors (Lipinski definition) is 2. The summed E-state index contributed by atoms with van der Waals surface area (Å²) in [6.07, 6.45) is 5.11. The highest BCUT2D eigenvalue weighted by atomic mass is 19.1. The molecule has 1 fully saturated rings. The predicted molar refractivity (Wildman–Crippen MR) is 72.1 cm³/mol. The second kappa shape index (κ2) is 7.32. The van der Waals surface area contributed by atoms with Crippen LogP contribution in [0.1, 0.15) is 46.5 Å². The summed E-state index contributed by atoms with van der Waals surface area (Å²) in [5, 5.41) is 3.53. The molecule has 1 N–H and O–H groups in total. The highest BCUT2D eigenvalue weighted by molar-refractivity contribution is 4.74. The molecule has 0 unspecified atom stereocenters. The molecule has 0 aromatic carbocycles. The first-order valence-corrected chi connectivity index (χ1v) is 7.04. The van der Waals surface area contributed by atoms with E-state index in [2.05, 4.69) is 31.0 Å². The number of nitrogens with zero attached hydrogens (tertiary/aromatic N) is 1. The Kier molecular flexibility index (Phi) is 6.42. The topological polar surface area (TPSA) is 15.3 Å². The zero-order chi connectivity index (χ0) is 12.7. The number of hydrogen-bond donors (Lipinski definition) is 1. The van der Waals surface area contributed by atoms with Crippen molar-refractivity contribution in [1.82, 2.24) is 10.2 Å². The maximum absolute atomic E-state index is 12.2. The third-order valence-electron chi connectivity index (χ3n) is 3.55. The lowest BCUT2D eigenvalue weighted by Crippen LogP contribution is -2.37. The molecule has 0 aliphatic carbocycles. The quantitative estimate of drug-likeness (QED) is 0.723. The van der Waals surface area contributed by atoms with Crippen molar-refractivity contribution >= 4 is 0 Å². The summed E-state index contributed by atoms with van der Waals surface area (Å²) in [6.45, 7) is 10.4. The molecular formula is C14H29FN2. The fourth-order valence-electron chi connectivity index (χ4n) is 2.47. The van der Waals surface area contributed by atoms with Crippen LogP contribution in [-0.4, -0.2) is 43.3 Å². The Morgan fingerprint density at radius 2 is 1.88 bits per heavy atom. The maximum Gasteiger partial charge on any atom is 0.102 e. The molecule has 0 radical (unpaired) electrons. The zero-order valence-electron chi connectivity index (χ0n) is 11.8. The number of nitrogens with one attached hydrogen (secondary N) is 1. The van der Waals surface area contributed by atoms with Gasteiger partial charge in [0, 0.05) is 12.1 Å². The summed E-state index contributed by atoms with van der Waals surface area (Å²) in [5.41, 5.74) is 0.241. The Hall–Kier alpha value is -0.150. The summed E-state index contributed by atoms with van der Waals surface area (Å²) in [6, 6.07) is 0. The van der Waals surface area contributed by atoms with E-state index in [1.165, 1.54) is 25.7 Å². The minimum absolute atomic E-state index is 0.194. The van der Waals surface area contributed by atoms with Crippen molar-refractivity contribution < 1.29 is 4.39 Å². The molecule has 1 rings (SSSR count). The Morgan fingerprint density at radius 1 is 1.24 bits per heavy atom. The van der Waals surface area contributed by atoms with Crippen LogP contribution in [0.2, 0.25) is 0 Å². The van der Waals surface area contributed by atoms with Crippen LogP contribution in [0.15, 0.2) is 0 Å². The molecule has 1 saturated heterocycles. The molecule has 0 aromatic rings. The standard InChI is InChI=1S/C14H29FN2/c1-14(2,3)16-9-4-5-13-6-10-17(11-7-13)12-8-15/h13,16H,4-12H2,1-3H3. The number of halogens is 1. The summed E-state index contributed by atoms with van der Waals surface area (Å²) >= 11 is 0. The van der Waals surface area contributed by atoms with E-state index >= 15 is 0 Å². The van der Waals surface area contributed by atoms with Gasteiger partial charge in [-0.05, 0) is 72.0 Å². The van der Waals surface area contributed by atoms with Gasteiger partial charge >= 0.3 is 0 Å². The van der Waals surface area contributed by atoms with Crippen molar-refractivity contribution in [3.05, 3.63) is 0 Å². The lowest BCUT2D eigenvalue weighted by atomic mass is 9.92. The summed E-state index contributed by atoms with van der Waals surface area (Å²) in [5.74, 6) is 0.868. The molecular weight excluding hydrogens is 215 g/mol. The number of piperidine rings is 1. The molecule has 17 heavy (non-hydrogen) atoms. The molecule has 1 heterocycles. The second-order valence-electron chi connectivity index (χ2n) is 6.29. The molecule has 2 nitrogen and oxygen atoms in total. The lowest BCUT2D eigenvalue weighted by Gasteiger charge is -2.31. The third kappa shape index (κ3) is 6.99. The molecule has 0 amide bonds. The minimum Gasteiger partial charge on any atom is -0.312 e. The first-order chi connectivity index (χ1) is 8.01. The van der Waals surface area contributed by atoms with Crippen LogP contribution in [-0.2, 0) is 0 Å². The van der Waals surface area contributed by atoms with Crippen LogP contribution in [0.5, 0.6) is 0 Å². The maximum atomic E-state index is 12.2. The van der Waals surface area contributed by atoms with Gasteiger partial charge in [-0.15, -0.1) is 0 Å². The monoisotopic (exact) mass is 244 g/mol. The number of likely N-dealkylation sites (tertiary alicyclic amines) is 1. The van der Waals surface area contributed by atoms with Gasteiger partial charge in [0.15, 0.2) is 0 Å². The van der Waals surface area contributed by atoms with Crippen LogP contribution in [0.4, 0.5) is 4.39 Å². The molecule has 0 aromatic heterocycles. The zero-order valence-corrected chi connectivity index (χ0v) is 11.8. The summed E-state index contributed by atoms with van der Waals surface area (Å²) in [4.78, 5) is 2.25. The Labute approximate surface area is 106 Å². The van der Waals surface area contributed by atoms with E-state index in [1.807, 2.05) is 0 Å². The lowest BCUT2D eigenvalue weighted by molar-refractivity contribution is 0.166. The van der Waals surface area contributed by atoms with Gasteiger partial charge in [-0.25, -0.2) is 4.39 Å². The normalized spacial score (nSPS) is 19.8. The van der Waals surface area contributed by atoms with Gasteiger partial charge in [-0.1, -0.05) is 0 Å². The second-order valence-corrected chi connectivity index (χ2v) is 6.29. The van der Waals surface area contributed by atoms with Gasteiger partial charge in [0.2, 0.25) is 0 Å². The van der Waals surface area contributed by atoms with Crippen molar-refractivity contribution in [2.45, 2.75) is 52.0 Å². The van der Waals surface area contributed by atoms with E-state index in [0.29, 0.717) is 6.54 Å². The van der Waals surface area contributed by atoms with Crippen molar-refractivity contribution in [3.8, 4) is 0 Å². The number of rotatable bonds is 6. The highest BCUT2D eigenvalue weighted by Gasteiger charge is 2.18. The Bertz CT molecular complexity index is 193. The van der Waals surface area contributed by atoms with E-state index < -0.39 is 0 Å². The number of alkyl halides is 1. The Morgan fingerprint density at radius 3 is 2.41 bits per heavy atom. The van der Waals surface area contributed by atoms with E-state index in [0.717, 1.165) is 25.6 Å². The van der Waals surface area contributed by atoms with E-state index in [-0.39, 0.29) is 12.2 Å². The average Bonchev–Trinajstić information content (AvgIpc) is 2.26. The molecule has 1 aliphatic rings. The van der Waals surface area contributed by atoms with E-state index in [4.69, 9.17) is 0 Å². The van der Waals surface area contributed by atoms with Crippen LogP contribution < -0.4 is 5.32 Å². The smallest absolute Gasteiger partial charge is 0.102 e. The van der Waals surface area contributed by atoms with Gasteiger partial charge in [-0.2, -0.15) is 0 Å². The third-order valence-corrected chi connectivity index (χ3v) is 3.55. The van der Waals surface area contributed by atoms with Crippen molar-refractivity contribution in [2.75, 3.05) is 32.9 Å². The summed E-state index contributed by atoms with van der Waals surface area (Å²) in [7, 11) is 0. The molecule has 0 saturated carbocycles. The SMILES string of the molecule is CC(C)(C)NCCCC1CCN(CCF)CC1. The van der Waals surface area contributed by atoms with Crippen molar-refractivity contribution in [2.24, 2.45) is 5.92 Å². The summed E-state index contributed by atoms with van der Waals surface area (Å²) < 4.78 is 12.2. The van der Waals surface area contributed by atoms with Crippen molar-refractivity contribution in [3.63, 3.8) is 0 Å². The fraction of sp³-hybridized carbons (Fsp3) is 1.00. The molecule has 3 heteroatoms. The van der Waals surface area contributed by atoms with Crippen LogP contribution in [0.3, 0.4) is 0 Å². The van der Waals surface area contributed by atoms with Gasteiger partial charge in [0.05, 0.1) is 0 Å². The van der Waals surface area contributed by atoms with Gasteiger partial charge in [0.1, 0.15) is 6.67 Å². The molecule has 1 aliphatic heterocycles. The Balaban J connectivity index is 2.02. The van der Waals surface area contributed by atoms with E-state index in [1.54, 1.807) is 0 Å². The van der Waals surface area contributed by atoms with Gasteiger partial charge < -0.3 is 10.2 Å². The van der Waals surface area contributed by atoms with Crippen LogP contribution >= 0.6 is 0 Å². The van der Waals surface area contributed by atoms with E-state index in [9.17, 15) is 4.39 Å². The molecule has 102 valence electrons. The van der Waals surface area contributed by atoms with Gasteiger partial charge in [0.25, 0.3) is 0 Å². The van der Waals surface area contributed by atoms with Gasteiger partial charge in [-0.3, -0.25) is 0 Å². The van der Waals surface area contributed by atoms with Crippen LogP contribution in [0.25, 0.3) is 0 Å². The van der Waals surface area contributed by atoms with Crippen molar-refractivity contribution in [1.29, 1.82) is 0 Å². The van der Waals surface area contributed by atoms with Crippen LogP contribution in [0, 0.1) is 5.92 Å².